The Balaban J connectivity index is 1.62. The van der Waals surface area contributed by atoms with Crippen LogP contribution in [-0.2, 0) is 6.42 Å². The molecule has 1 aromatic carbocycles. The summed E-state index contributed by atoms with van der Waals surface area (Å²) < 4.78 is 5.26. The molecule has 28 heavy (non-hydrogen) atoms. The maximum atomic E-state index is 10.9. The van der Waals surface area contributed by atoms with E-state index < -0.39 is 6.23 Å². The first-order chi connectivity index (χ1) is 13.5. The molecule has 0 saturated carbocycles. The van der Waals surface area contributed by atoms with Gasteiger partial charge < -0.3 is 19.9 Å². The fourth-order valence-electron chi connectivity index (χ4n) is 3.73. The lowest BCUT2D eigenvalue weighted by Crippen LogP contribution is -2.37. The van der Waals surface area contributed by atoms with Crippen LogP contribution in [0.15, 0.2) is 24.5 Å². The summed E-state index contributed by atoms with van der Waals surface area (Å²) in [6.07, 6.45) is 2.77. The molecule has 9 heteroatoms. The van der Waals surface area contributed by atoms with Gasteiger partial charge in [0.25, 0.3) is 0 Å². The maximum absolute atomic E-state index is 10.9. The van der Waals surface area contributed by atoms with Crippen molar-refractivity contribution in [1.82, 2.24) is 19.9 Å². The maximum Gasteiger partial charge on any atom is 0.172 e. The van der Waals surface area contributed by atoms with Gasteiger partial charge >= 0.3 is 0 Å². The highest BCUT2D eigenvalue weighted by atomic mass is 35.5. The molecule has 7 nitrogen and oxygen atoms in total. The summed E-state index contributed by atoms with van der Waals surface area (Å²) in [7, 11) is 0. The van der Waals surface area contributed by atoms with E-state index in [2.05, 4.69) is 15.0 Å². The Morgan fingerprint density at radius 1 is 1.32 bits per heavy atom. The molecule has 0 saturated heterocycles. The van der Waals surface area contributed by atoms with Gasteiger partial charge in [0.15, 0.2) is 17.8 Å². The summed E-state index contributed by atoms with van der Waals surface area (Å²) in [5.74, 6) is 0.745. The average molecular weight is 423 g/mol. The lowest BCUT2D eigenvalue weighted by Gasteiger charge is -2.36. The number of hydrogen-bond acceptors (Lipinski definition) is 6. The first-order valence-electron chi connectivity index (χ1n) is 8.99. The van der Waals surface area contributed by atoms with Crippen LogP contribution in [0.1, 0.15) is 36.3 Å². The van der Waals surface area contributed by atoms with Crippen molar-refractivity contribution >= 4 is 34.1 Å². The van der Waals surface area contributed by atoms with Crippen LogP contribution in [0.2, 0.25) is 10.0 Å². The first-order valence-corrected chi connectivity index (χ1v) is 9.74. The van der Waals surface area contributed by atoms with Crippen LogP contribution >= 0.6 is 23.2 Å². The molecule has 0 amide bonds. The molecule has 4 rings (SSSR count). The third-order valence-electron chi connectivity index (χ3n) is 5.07. The zero-order valence-corrected chi connectivity index (χ0v) is 16.7. The monoisotopic (exact) mass is 422 g/mol. The molecule has 3 N–H and O–H groups in total. The molecular formula is C19H20Cl2N4O3. The number of aromatic nitrogens is 3. The van der Waals surface area contributed by atoms with E-state index in [9.17, 15) is 5.11 Å². The molecule has 3 aromatic rings. The van der Waals surface area contributed by atoms with Crippen molar-refractivity contribution in [2.24, 2.45) is 0 Å². The number of ether oxygens (including phenoxy) is 1. The standard InChI is InChI=1S/C19H20Cl2N4O3/c1-10-15-12-2-3-13(20)16(21)17(12)24-14(15)4-5-25(10)19(27)18-22-8-11(9-23-18)28-7-6-26/h2-3,8-10,19,24,26-27H,4-7H2,1H3/t10-,19?/m0/s1. The number of nitrogens with one attached hydrogen (secondary N) is 1. The van der Waals surface area contributed by atoms with E-state index in [1.807, 2.05) is 17.9 Å². The van der Waals surface area contributed by atoms with E-state index in [4.69, 9.17) is 33.0 Å². The van der Waals surface area contributed by atoms with E-state index in [-0.39, 0.29) is 19.3 Å². The molecule has 3 heterocycles. The van der Waals surface area contributed by atoms with E-state index in [1.165, 1.54) is 12.4 Å². The molecule has 1 unspecified atom stereocenters. The van der Waals surface area contributed by atoms with Crippen molar-refractivity contribution in [2.45, 2.75) is 25.6 Å². The Kier molecular flexibility index (Phi) is 5.44. The number of halogens is 2. The van der Waals surface area contributed by atoms with Gasteiger partial charge in [0.1, 0.15) is 6.61 Å². The van der Waals surface area contributed by atoms with Gasteiger partial charge in [-0.3, -0.25) is 4.90 Å². The summed E-state index contributed by atoms with van der Waals surface area (Å²) in [6, 6.07) is 3.67. The van der Waals surface area contributed by atoms with Crippen molar-refractivity contribution in [1.29, 1.82) is 0 Å². The Morgan fingerprint density at radius 2 is 2.07 bits per heavy atom. The Bertz CT molecular complexity index is 993. The minimum absolute atomic E-state index is 0.0707. The smallest absolute Gasteiger partial charge is 0.172 e. The number of aliphatic hydroxyl groups excluding tert-OH is 2. The molecule has 1 aliphatic heterocycles. The van der Waals surface area contributed by atoms with E-state index in [0.29, 0.717) is 28.2 Å². The zero-order chi connectivity index (χ0) is 19.8. The van der Waals surface area contributed by atoms with E-state index >= 15 is 0 Å². The van der Waals surface area contributed by atoms with Gasteiger partial charge in [-0.15, -0.1) is 0 Å². The van der Waals surface area contributed by atoms with Gasteiger partial charge in [0.05, 0.1) is 34.6 Å². The number of aromatic amines is 1. The molecule has 1 aliphatic rings. The van der Waals surface area contributed by atoms with Crippen LogP contribution in [0, 0.1) is 0 Å². The normalized spacial score (nSPS) is 18.2. The fourth-order valence-corrected chi connectivity index (χ4v) is 4.10. The van der Waals surface area contributed by atoms with Gasteiger partial charge in [-0.25, -0.2) is 9.97 Å². The zero-order valence-electron chi connectivity index (χ0n) is 15.2. The van der Waals surface area contributed by atoms with Crippen LogP contribution in [0.5, 0.6) is 5.75 Å². The number of aliphatic hydroxyl groups is 2. The van der Waals surface area contributed by atoms with Gasteiger partial charge in [-0.1, -0.05) is 29.3 Å². The van der Waals surface area contributed by atoms with Gasteiger partial charge in [-0.05, 0) is 18.6 Å². The van der Waals surface area contributed by atoms with Crippen molar-refractivity contribution in [3.05, 3.63) is 51.7 Å². The number of nitrogens with zero attached hydrogens (tertiary/aromatic N) is 3. The van der Waals surface area contributed by atoms with Crippen LogP contribution in [-0.4, -0.2) is 49.8 Å². The van der Waals surface area contributed by atoms with Crippen molar-refractivity contribution in [3.8, 4) is 5.75 Å². The molecule has 0 aliphatic carbocycles. The lowest BCUT2D eigenvalue weighted by molar-refractivity contribution is -0.0341. The Hall–Kier alpha value is -1.90. The number of hydrogen-bond donors (Lipinski definition) is 3. The Morgan fingerprint density at radius 3 is 2.79 bits per heavy atom. The first kappa shape index (κ1) is 19.4. The summed E-state index contributed by atoms with van der Waals surface area (Å²) in [5, 5.41) is 21.7. The number of H-pyrrole nitrogens is 1. The highest BCUT2D eigenvalue weighted by Crippen LogP contribution is 2.41. The SMILES string of the molecule is C[C@H]1c2c([nH]c3c(Cl)c(Cl)ccc23)CCN1C(O)c1ncc(OCCO)cn1. The van der Waals surface area contributed by atoms with E-state index in [1.54, 1.807) is 6.07 Å². The van der Waals surface area contributed by atoms with Crippen molar-refractivity contribution in [2.75, 3.05) is 19.8 Å². The Labute approximate surface area is 171 Å². The van der Waals surface area contributed by atoms with Gasteiger partial charge in [-0.2, -0.15) is 0 Å². The van der Waals surface area contributed by atoms with Gasteiger partial charge in [0.2, 0.25) is 0 Å². The molecule has 2 aromatic heterocycles. The second-order valence-electron chi connectivity index (χ2n) is 6.69. The van der Waals surface area contributed by atoms with Crippen molar-refractivity contribution in [3.63, 3.8) is 0 Å². The molecule has 148 valence electrons. The summed E-state index contributed by atoms with van der Waals surface area (Å²) in [6.45, 7) is 2.76. The summed E-state index contributed by atoms with van der Waals surface area (Å²) >= 11 is 12.5. The molecule has 0 fully saturated rings. The third-order valence-corrected chi connectivity index (χ3v) is 5.88. The van der Waals surface area contributed by atoms with Crippen LogP contribution in [0.4, 0.5) is 0 Å². The molecular weight excluding hydrogens is 403 g/mol. The predicted octanol–water partition coefficient (Wildman–Crippen LogP) is 3.25. The summed E-state index contributed by atoms with van der Waals surface area (Å²) in [5.41, 5.74) is 3.02. The van der Waals surface area contributed by atoms with Crippen molar-refractivity contribution < 1.29 is 14.9 Å². The minimum atomic E-state index is -0.956. The largest absolute Gasteiger partial charge is 0.488 e. The molecule has 0 bridgehead atoms. The van der Waals surface area contributed by atoms with Crippen LogP contribution in [0.3, 0.4) is 0 Å². The molecule has 2 atom stereocenters. The predicted molar refractivity (Wildman–Crippen MR) is 107 cm³/mol. The summed E-state index contributed by atoms with van der Waals surface area (Å²) in [4.78, 5) is 13.8. The quantitative estimate of drug-likeness (QED) is 0.584. The fraction of sp³-hybridized carbons (Fsp3) is 0.368. The minimum Gasteiger partial charge on any atom is -0.488 e. The van der Waals surface area contributed by atoms with Gasteiger partial charge in [0, 0.05) is 30.1 Å². The number of benzene rings is 1. The van der Waals surface area contributed by atoms with Crippen LogP contribution in [0.25, 0.3) is 10.9 Å². The lowest BCUT2D eigenvalue weighted by atomic mass is 9.96. The number of fused-ring (bicyclic) bond motifs is 3. The highest BCUT2D eigenvalue weighted by Gasteiger charge is 2.33. The second kappa shape index (κ2) is 7.85. The average Bonchev–Trinajstić information content (AvgIpc) is 3.09. The molecule has 0 radical (unpaired) electrons. The molecule has 0 spiro atoms. The second-order valence-corrected chi connectivity index (χ2v) is 7.47. The van der Waals surface area contributed by atoms with Crippen LogP contribution < -0.4 is 4.74 Å². The topological polar surface area (TPSA) is 94.5 Å². The number of rotatable bonds is 5. The third kappa shape index (κ3) is 3.33. The van der Waals surface area contributed by atoms with E-state index in [0.717, 1.165) is 28.6 Å². The highest BCUT2D eigenvalue weighted by molar-refractivity contribution is 6.45.